The van der Waals surface area contributed by atoms with Crippen molar-refractivity contribution in [2.24, 2.45) is 0 Å². The van der Waals surface area contributed by atoms with Crippen LogP contribution in [0, 0.1) is 0 Å². The van der Waals surface area contributed by atoms with Gasteiger partial charge in [0.05, 0.1) is 25.4 Å². The van der Waals surface area contributed by atoms with Crippen molar-refractivity contribution in [1.29, 1.82) is 0 Å². The maximum atomic E-state index is 12.4. The minimum atomic E-state index is -0.854. The fourth-order valence-corrected chi connectivity index (χ4v) is 8.19. The Kier molecular flexibility index (Phi) is 50.1. The van der Waals surface area contributed by atoms with E-state index >= 15 is 0 Å². The molecule has 0 aromatic rings. The summed E-state index contributed by atoms with van der Waals surface area (Å²) in [6.45, 7) is 4.86. The summed E-state index contributed by atoms with van der Waals surface area (Å²) in [5, 5.41) is 23.0. The monoisotopic (exact) mass is 872 g/mol. The Hall–Kier alpha value is -1.92. The van der Waals surface area contributed by atoms with Crippen LogP contribution >= 0.6 is 0 Å². The van der Waals surface area contributed by atoms with E-state index in [2.05, 4.69) is 43.5 Å². The molecule has 0 aliphatic heterocycles. The Labute approximate surface area is 385 Å². The van der Waals surface area contributed by atoms with E-state index < -0.39 is 12.1 Å². The van der Waals surface area contributed by atoms with Gasteiger partial charge in [0.25, 0.3) is 0 Å². The highest BCUT2D eigenvalue weighted by molar-refractivity contribution is 5.76. The largest absolute Gasteiger partial charge is 0.466 e. The zero-order chi connectivity index (χ0) is 45.1. The zero-order valence-electron chi connectivity index (χ0n) is 41.4. The van der Waals surface area contributed by atoms with Gasteiger partial charge in [-0.25, -0.2) is 0 Å². The van der Waals surface area contributed by atoms with Crippen molar-refractivity contribution in [2.75, 3.05) is 13.2 Å². The van der Waals surface area contributed by atoms with Crippen LogP contribution < -0.4 is 5.32 Å². The molecule has 0 radical (unpaired) electrons. The van der Waals surface area contributed by atoms with Crippen LogP contribution in [0.3, 0.4) is 0 Å². The lowest BCUT2D eigenvalue weighted by molar-refractivity contribution is -0.143. The van der Waals surface area contributed by atoms with Gasteiger partial charge < -0.3 is 20.3 Å². The third-order valence-corrected chi connectivity index (χ3v) is 12.4. The molecule has 0 spiro atoms. The van der Waals surface area contributed by atoms with E-state index in [9.17, 15) is 19.8 Å². The molecule has 2 atom stereocenters. The summed E-state index contributed by atoms with van der Waals surface area (Å²) >= 11 is 0. The number of hydrogen-bond acceptors (Lipinski definition) is 5. The molecule has 6 nitrogen and oxygen atoms in total. The van der Waals surface area contributed by atoms with Crippen LogP contribution in [0.2, 0.25) is 0 Å². The van der Waals surface area contributed by atoms with Crippen LogP contribution in [0.5, 0.6) is 0 Å². The minimum Gasteiger partial charge on any atom is -0.466 e. The molecule has 0 saturated heterocycles. The van der Waals surface area contributed by atoms with Gasteiger partial charge in [0.2, 0.25) is 5.91 Å². The number of esters is 1. The van der Waals surface area contributed by atoms with Crippen molar-refractivity contribution in [3.8, 4) is 0 Å². The number of ether oxygens (including phenoxy) is 1. The molecule has 62 heavy (non-hydrogen) atoms. The van der Waals surface area contributed by atoms with Crippen LogP contribution in [-0.4, -0.2) is 47.4 Å². The number of nitrogens with one attached hydrogen (secondary N) is 1. The molecule has 0 saturated carbocycles. The van der Waals surface area contributed by atoms with Gasteiger partial charge in [-0.2, -0.15) is 0 Å². The van der Waals surface area contributed by atoms with Crippen molar-refractivity contribution in [3.63, 3.8) is 0 Å². The van der Waals surface area contributed by atoms with E-state index in [1.165, 1.54) is 173 Å². The van der Waals surface area contributed by atoms with Gasteiger partial charge in [-0.1, -0.05) is 237 Å². The molecule has 0 aromatic heterocycles. The first-order valence-electron chi connectivity index (χ1n) is 27.3. The number of aliphatic hydroxyl groups excluding tert-OH is 2. The first-order valence-corrected chi connectivity index (χ1v) is 27.3. The molecule has 3 N–H and O–H groups in total. The highest BCUT2D eigenvalue weighted by atomic mass is 16.5. The Balaban J connectivity index is 3.51. The van der Waals surface area contributed by atoms with Gasteiger partial charge in [-0.05, 0) is 70.6 Å². The fourth-order valence-electron chi connectivity index (χ4n) is 8.19. The zero-order valence-corrected chi connectivity index (χ0v) is 41.4. The molecular formula is C56H105NO5. The molecule has 0 bridgehead atoms. The van der Waals surface area contributed by atoms with Crippen LogP contribution in [0.4, 0.5) is 0 Å². The highest BCUT2D eigenvalue weighted by Crippen LogP contribution is 2.16. The third-order valence-electron chi connectivity index (χ3n) is 12.4. The molecule has 2 unspecified atom stereocenters. The molecule has 0 aliphatic rings. The number of hydrogen-bond donors (Lipinski definition) is 3. The van der Waals surface area contributed by atoms with Gasteiger partial charge >= 0.3 is 5.97 Å². The lowest BCUT2D eigenvalue weighted by Gasteiger charge is -2.20. The van der Waals surface area contributed by atoms with Crippen molar-refractivity contribution >= 4 is 11.9 Å². The normalized spacial score (nSPS) is 12.9. The third kappa shape index (κ3) is 47.6. The molecule has 6 heteroatoms. The SMILES string of the molecule is CCCCCCCCCCCCC/C=C/C(O)C(CO)NC(=O)CCCCCCCCC/C=C\C/C=C\CCCCCOC(=O)CCCCCCCCCCCCCCCCC. The van der Waals surface area contributed by atoms with E-state index in [1.54, 1.807) is 6.08 Å². The van der Waals surface area contributed by atoms with Gasteiger partial charge in [-0.3, -0.25) is 9.59 Å². The van der Waals surface area contributed by atoms with E-state index in [1.807, 2.05) is 6.08 Å². The predicted octanol–water partition coefficient (Wildman–Crippen LogP) is 16.5. The topological polar surface area (TPSA) is 95.9 Å². The summed E-state index contributed by atoms with van der Waals surface area (Å²) in [6.07, 6.45) is 63.0. The summed E-state index contributed by atoms with van der Waals surface area (Å²) in [5.74, 6) is -0.0987. The Morgan fingerprint density at radius 3 is 1.23 bits per heavy atom. The van der Waals surface area contributed by atoms with Crippen LogP contribution in [-0.2, 0) is 14.3 Å². The summed E-state index contributed by atoms with van der Waals surface area (Å²) in [4.78, 5) is 24.4. The maximum absolute atomic E-state index is 12.4. The molecule has 0 aromatic carbocycles. The molecule has 0 fully saturated rings. The summed E-state index contributed by atoms with van der Waals surface area (Å²) in [7, 11) is 0. The number of aliphatic hydroxyl groups is 2. The number of amides is 1. The van der Waals surface area contributed by atoms with Crippen LogP contribution in [0.15, 0.2) is 36.5 Å². The van der Waals surface area contributed by atoms with Crippen molar-refractivity contribution < 1.29 is 24.5 Å². The lowest BCUT2D eigenvalue weighted by atomic mass is 10.0. The maximum Gasteiger partial charge on any atom is 0.305 e. The van der Waals surface area contributed by atoms with Crippen LogP contribution in [0.1, 0.15) is 284 Å². The summed E-state index contributed by atoms with van der Waals surface area (Å²) in [5.41, 5.74) is 0. The highest BCUT2D eigenvalue weighted by Gasteiger charge is 2.18. The quantitative estimate of drug-likeness (QED) is 0.0321. The van der Waals surface area contributed by atoms with E-state index in [4.69, 9.17) is 4.74 Å². The Morgan fingerprint density at radius 1 is 0.452 bits per heavy atom. The molecule has 364 valence electrons. The van der Waals surface area contributed by atoms with E-state index in [-0.39, 0.29) is 18.5 Å². The summed E-state index contributed by atoms with van der Waals surface area (Å²) in [6, 6.07) is -0.639. The second-order valence-electron chi connectivity index (χ2n) is 18.6. The lowest BCUT2D eigenvalue weighted by Crippen LogP contribution is -2.45. The fraction of sp³-hybridized carbons (Fsp3) is 0.857. The van der Waals surface area contributed by atoms with Crippen molar-refractivity contribution in [1.82, 2.24) is 5.32 Å². The number of allylic oxidation sites excluding steroid dienone is 5. The van der Waals surface area contributed by atoms with Gasteiger partial charge in [0.1, 0.15) is 0 Å². The van der Waals surface area contributed by atoms with Gasteiger partial charge in [0.15, 0.2) is 0 Å². The molecule has 1 amide bonds. The first-order chi connectivity index (χ1) is 30.5. The second-order valence-corrected chi connectivity index (χ2v) is 18.6. The molecule has 0 aliphatic carbocycles. The summed E-state index contributed by atoms with van der Waals surface area (Å²) < 4.78 is 5.45. The first kappa shape index (κ1) is 60.1. The van der Waals surface area contributed by atoms with Gasteiger partial charge in [0, 0.05) is 12.8 Å². The van der Waals surface area contributed by atoms with Crippen molar-refractivity contribution in [2.45, 2.75) is 296 Å². The number of carbonyl (C=O) groups excluding carboxylic acids is 2. The number of carbonyl (C=O) groups is 2. The smallest absolute Gasteiger partial charge is 0.305 e. The standard InChI is InChI=1S/C56H105NO5/c1-3-5-7-9-11-13-15-17-21-26-30-34-38-42-46-50-56(61)62-51-47-43-39-35-31-27-23-20-18-19-22-25-29-33-37-41-45-49-55(60)57-53(52-58)54(59)48-44-40-36-32-28-24-16-14-12-10-8-6-4-2/h18,20,27,31,44,48,53-54,58-59H,3-17,19,21-26,28-30,32-43,45-47,49-52H2,1-2H3,(H,57,60)/b20-18-,31-27-,48-44+. The van der Waals surface area contributed by atoms with Crippen molar-refractivity contribution in [3.05, 3.63) is 36.5 Å². The molecule has 0 heterocycles. The Bertz CT molecular complexity index is 1010. The predicted molar refractivity (Wildman–Crippen MR) is 269 cm³/mol. The Morgan fingerprint density at radius 2 is 0.806 bits per heavy atom. The minimum absolute atomic E-state index is 0.0140. The number of unbranched alkanes of at least 4 members (excludes halogenated alkanes) is 35. The average molecular weight is 872 g/mol. The molecular weight excluding hydrogens is 767 g/mol. The van der Waals surface area contributed by atoms with E-state index in [0.717, 1.165) is 83.5 Å². The van der Waals surface area contributed by atoms with E-state index in [0.29, 0.717) is 19.4 Å². The average Bonchev–Trinajstić information content (AvgIpc) is 3.27. The number of rotatable bonds is 50. The molecule has 0 rings (SSSR count). The van der Waals surface area contributed by atoms with Crippen LogP contribution in [0.25, 0.3) is 0 Å². The second kappa shape index (κ2) is 51.7. The van der Waals surface area contributed by atoms with Gasteiger partial charge in [-0.15, -0.1) is 0 Å².